The minimum Gasteiger partial charge on any atom is -0.494 e. The summed E-state index contributed by atoms with van der Waals surface area (Å²) in [5.41, 5.74) is 1.98. The molecule has 0 spiro atoms. The van der Waals surface area contributed by atoms with Gasteiger partial charge in [0.2, 0.25) is 0 Å². The van der Waals surface area contributed by atoms with Crippen molar-refractivity contribution in [1.82, 2.24) is 20.2 Å². The van der Waals surface area contributed by atoms with E-state index < -0.39 is 6.10 Å². The van der Waals surface area contributed by atoms with Gasteiger partial charge in [-0.25, -0.2) is 0 Å². The predicted octanol–water partition coefficient (Wildman–Crippen LogP) is 2.31. The summed E-state index contributed by atoms with van der Waals surface area (Å²) in [6.45, 7) is 1.78. The first kappa shape index (κ1) is 17.6. The molecule has 0 saturated carbocycles. The van der Waals surface area contributed by atoms with Gasteiger partial charge in [0, 0.05) is 12.8 Å². The van der Waals surface area contributed by atoms with Crippen LogP contribution in [0, 0.1) is 6.92 Å². The molecule has 0 aliphatic heterocycles. The number of tetrazole rings is 1. The minimum absolute atomic E-state index is 0.275. The largest absolute Gasteiger partial charge is 0.494 e. The number of carbonyl (C=O) groups is 1. The lowest BCUT2D eigenvalue weighted by Gasteiger charge is -2.17. The third kappa shape index (κ3) is 3.55. The lowest BCUT2D eigenvalue weighted by Crippen LogP contribution is -2.22. The zero-order valence-electron chi connectivity index (χ0n) is 14.7. The molecule has 3 rings (SSSR count). The van der Waals surface area contributed by atoms with Crippen LogP contribution in [0.25, 0.3) is 5.69 Å². The van der Waals surface area contributed by atoms with Crippen molar-refractivity contribution >= 4 is 11.6 Å². The van der Waals surface area contributed by atoms with Gasteiger partial charge in [0.1, 0.15) is 11.4 Å². The molecule has 1 N–H and O–H groups in total. The fourth-order valence-corrected chi connectivity index (χ4v) is 2.62. The van der Waals surface area contributed by atoms with Gasteiger partial charge in [-0.3, -0.25) is 4.79 Å². The second kappa shape index (κ2) is 7.75. The smallest absolute Gasteiger partial charge is 0.258 e. The van der Waals surface area contributed by atoms with E-state index >= 15 is 0 Å². The van der Waals surface area contributed by atoms with Gasteiger partial charge in [0.25, 0.3) is 5.91 Å². The SMILES string of the molecule is COc1ccc(NC(=O)[C@H](OC)c2ccccc2)cc1-n1nnnc1C. The number of amides is 1. The molecular formula is C18H19N5O3. The Morgan fingerprint density at radius 3 is 2.54 bits per heavy atom. The summed E-state index contributed by atoms with van der Waals surface area (Å²) >= 11 is 0. The van der Waals surface area contributed by atoms with Crippen molar-refractivity contribution in [3.8, 4) is 11.4 Å². The van der Waals surface area contributed by atoms with E-state index in [0.717, 1.165) is 5.56 Å². The van der Waals surface area contributed by atoms with Gasteiger partial charge >= 0.3 is 0 Å². The summed E-state index contributed by atoms with van der Waals surface area (Å²) in [7, 11) is 3.06. The Bertz CT molecular complexity index is 895. The standard InChI is InChI=1S/C18H19N5O3/c1-12-20-21-22-23(12)15-11-14(9-10-16(15)25-2)19-18(24)17(26-3)13-7-5-4-6-8-13/h4-11,17H,1-3H3,(H,19,24)/t17-/m1/s1. The summed E-state index contributed by atoms with van der Waals surface area (Å²) in [6, 6.07) is 14.5. The van der Waals surface area contributed by atoms with Crippen LogP contribution in [0.3, 0.4) is 0 Å². The lowest BCUT2D eigenvalue weighted by molar-refractivity contribution is -0.126. The molecule has 134 valence electrons. The average molecular weight is 353 g/mol. The van der Waals surface area contributed by atoms with Crippen LogP contribution < -0.4 is 10.1 Å². The van der Waals surface area contributed by atoms with Crippen LogP contribution in [-0.2, 0) is 9.53 Å². The molecule has 8 nitrogen and oxygen atoms in total. The Morgan fingerprint density at radius 1 is 1.15 bits per heavy atom. The van der Waals surface area contributed by atoms with Crippen molar-refractivity contribution in [1.29, 1.82) is 0 Å². The lowest BCUT2D eigenvalue weighted by atomic mass is 10.1. The first-order valence-electron chi connectivity index (χ1n) is 7.96. The number of hydrogen-bond acceptors (Lipinski definition) is 6. The van der Waals surface area contributed by atoms with E-state index in [-0.39, 0.29) is 5.91 Å². The van der Waals surface area contributed by atoms with Crippen LogP contribution in [-0.4, -0.2) is 40.3 Å². The first-order valence-corrected chi connectivity index (χ1v) is 7.96. The number of anilines is 1. The Morgan fingerprint density at radius 2 is 1.92 bits per heavy atom. The van der Waals surface area contributed by atoms with E-state index in [1.54, 1.807) is 36.9 Å². The molecule has 1 amide bonds. The van der Waals surface area contributed by atoms with Crippen LogP contribution >= 0.6 is 0 Å². The van der Waals surface area contributed by atoms with Crippen molar-refractivity contribution < 1.29 is 14.3 Å². The van der Waals surface area contributed by atoms with Gasteiger partial charge in [-0.15, -0.1) is 5.10 Å². The molecule has 8 heteroatoms. The van der Waals surface area contributed by atoms with Crippen molar-refractivity contribution in [3.05, 3.63) is 59.9 Å². The molecule has 1 heterocycles. The monoisotopic (exact) mass is 353 g/mol. The minimum atomic E-state index is -0.712. The normalized spacial score (nSPS) is 11.8. The summed E-state index contributed by atoms with van der Waals surface area (Å²) < 4.78 is 12.3. The van der Waals surface area contributed by atoms with E-state index in [1.807, 2.05) is 30.3 Å². The zero-order chi connectivity index (χ0) is 18.5. The summed E-state index contributed by atoms with van der Waals surface area (Å²) in [5.74, 6) is 0.916. The number of aryl methyl sites for hydroxylation is 1. The number of nitrogens with zero attached hydrogens (tertiary/aromatic N) is 4. The Balaban J connectivity index is 1.88. The van der Waals surface area contributed by atoms with Crippen LogP contribution in [0.5, 0.6) is 5.75 Å². The fraction of sp³-hybridized carbons (Fsp3) is 0.222. The fourth-order valence-electron chi connectivity index (χ4n) is 2.62. The average Bonchev–Trinajstić information content (AvgIpc) is 3.09. The highest BCUT2D eigenvalue weighted by Gasteiger charge is 2.20. The predicted molar refractivity (Wildman–Crippen MR) is 95.3 cm³/mol. The van der Waals surface area contributed by atoms with E-state index in [0.29, 0.717) is 22.9 Å². The van der Waals surface area contributed by atoms with Gasteiger partial charge in [0.15, 0.2) is 11.9 Å². The summed E-state index contributed by atoms with van der Waals surface area (Å²) in [4.78, 5) is 12.6. The van der Waals surface area contributed by atoms with Gasteiger partial charge in [-0.05, 0) is 41.1 Å². The molecule has 1 aromatic heterocycles. The van der Waals surface area contributed by atoms with Crippen LogP contribution in [0.2, 0.25) is 0 Å². The number of carbonyl (C=O) groups excluding carboxylic acids is 1. The maximum absolute atomic E-state index is 12.6. The number of hydrogen-bond donors (Lipinski definition) is 1. The van der Waals surface area contributed by atoms with E-state index in [4.69, 9.17) is 9.47 Å². The molecule has 0 radical (unpaired) electrons. The molecule has 0 fully saturated rings. The highest BCUT2D eigenvalue weighted by molar-refractivity contribution is 5.95. The molecule has 3 aromatic rings. The van der Waals surface area contributed by atoms with Crippen molar-refractivity contribution in [2.45, 2.75) is 13.0 Å². The summed E-state index contributed by atoms with van der Waals surface area (Å²) in [6.07, 6.45) is -0.712. The van der Waals surface area contributed by atoms with Gasteiger partial charge in [-0.2, -0.15) is 4.68 Å². The zero-order valence-corrected chi connectivity index (χ0v) is 14.7. The van der Waals surface area contributed by atoms with Crippen LogP contribution in [0.4, 0.5) is 5.69 Å². The second-order valence-electron chi connectivity index (χ2n) is 5.54. The highest BCUT2D eigenvalue weighted by atomic mass is 16.5. The van der Waals surface area contributed by atoms with Crippen molar-refractivity contribution in [2.75, 3.05) is 19.5 Å². The van der Waals surface area contributed by atoms with Crippen LogP contribution in [0.15, 0.2) is 48.5 Å². The topological polar surface area (TPSA) is 91.2 Å². The summed E-state index contributed by atoms with van der Waals surface area (Å²) in [5, 5.41) is 14.3. The third-order valence-electron chi connectivity index (χ3n) is 3.88. The third-order valence-corrected chi connectivity index (χ3v) is 3.88. The van der Waals surface area contributed by atoms with E-state index in [1.165, 1.54) is 7.11 Å². The Kier molecular flexibility index (Phi) is 5.23. The van der Waals surface area contributed by atoms with E-state index in [9.17, 15) is 4.79 Å². The number of rotatable bonds is 6. The highest BCUT2D eigenvalue weighted by Crippen LogP contribution is 2.27. The molecule has 26 heavy (non-hydrogen) atoms. The molecule has 0 saturated heterocycles. The Labute approximate surface area is 150 Å². The first-order chi connectivity index (χ1) is 12.6. The number of methoxy groups -OCH3 is 2. The van der Waals surface area contributed by atoms with Crippen molar-refractivity contribution in [2.24, 2.45) is 0 Å². The number of nitrogens with one attached hydrogen (secondary N) is 1. The molecule has 0 bridgehead atoms. The quantitative estimate of drug-likeness (QED) is 0.731. The maximum Gasteiger partial charge on any atom is 0.258 e. The number of aromatic nitrogens is 4. The van der Waals surface area contributed by atoms with E-state index in [2.05, 4.69) is 20.8 Å². The molecule has 1 atom stereocenters. The second-order valence-corrected chi connectivity index (χ2v) is 5.54. The molecule has 0 unspecified atom stereocenters. The molecule has 2 aromatic carbocycles. The molecule has 0 aliphatic rings. The molecular weight excluding hydrogens is 334 g/mol. The van der Waals surface area contributed by atoms with Gasteiger partial charge in [0.05, 0.1) is 7.11 Å². The van der Waals surface area contributed by atoms with Gasteiger partial charge in [-0.1, -0.05) is 30.3 Å². The number of benzene rings is 2. The van der Waals surface area contributed by atoms with Crippen LogP contribution in [0.1, 0.15) is 17.5 Å². The van der Waals surface area contributed by atoms with Gasteiger partial charge < -0.3 is 14.8 Å². The molecule has 0 aliphatic carbocycles. The Hall–Kier alpha value is -3.26. The van der Waals surface area contributed by atoms with Crippen molar-refractivity contribution in [3.63, 3.8) is 0 Å². The maximum atomic E-state index is 12.6. The number of ether oxygens (including phenoxy) is 2.